The molecule has 0 heterocycles. The monoisotopic (exact) mass is 427 g/mol. The first-order valence-corrected chi connectivity index (χ1v) is 10.1. The third-order valence-electron chi connectivity index (χ3n) is 4.26. The Bertz CT molecular complexity index is 860. The van der Waals surface area contributed by atoms with Crippen LogP contribution in [-0.2, 0) is 27.6 Å². The molecule has 2 amide bonds. The lowest BCUT2D eigenvalue weighted by molar-refractivity contribution is -0.281. The minimum Gasteiger partial charge on any atom is -0.370 e. The number of nitrogens with one attached hydrogen (secondary N) is 4. The summed E-state index contributed by atoms with van der Waals surface area (Å²) < 4.78 is 0. The Hall–Kier alpha value is -3.59. The fourth-order valence-electron chi connectivity index (χ4n) is 2.74. The molecule has 2 aromatic carbocycles. The smallest absolute Gasteiger partial charge is 0.364 e. The predicted octanol–water partition coefficient (Wildman–Crippen LogP) is 2.68. The molecular formula is C22H29N5O4. The highest BCUT2D eigenvalue weighted by atomic mass is 17.2. The number of carbonyl (C=O) groups excluding carboxylic acids is 2. The maximum absolute atomic E-state index is 12.6. The maximum atomic E-state index is 12.6. The SMILES string of the molecule is CCCCNC(=O)N[C@@H](Cc1ccccc1)C(=O)OOCc1cccc(NC(=N)N)c1. The summed E-state index contributed by atoms with van der Waals surface area (Å²) in [5, 5.41) is 15.3. The van der Waals surface area contributed by atoms with Gasteiger partial charge in [-0.2, -0.15) is 4.89 Å². The minimum atomic E-state index is -0.908. The molecule has 0 aliphatic carbocycles. The molecule has 2 rings (SSSR count). The van der Waals surface area contributed by atoms with Crippen molar-refractivity contribution in [1.82, 2.24) is 10.6 Å². The Balaban J connectivity index is 1.93. The second kappa shape index (κ2) is 12.9. The molecule has 9 nitrogen and oxygen atoms in total. The van der Waals surface area contributed by atoms with E-state index in [4.69, 9.17) is 20.9 Å². The van der Waals surface area contributed by atoms with E-state index in [1.807, 2.05) is 37.3 Å². The van der Waals surface area contributed by atoms with Crippen LogP contribution in [0.25, 0.3) is 0 Å². The summed E-state index contributed by atoms with van der Waals surface area (Å²) >= 11 is 0. The van der Waals surface area contributed by atoms with Crippen molar-refractivity contribution in [2.75, 3.05) is 11.9 Å². The molecule has 0 spiro atoms. The van der Waals surface area contributed by atoms with Gasteiger partial charge in [0.05, 0.1) is 0 Å². The number of urea groups is 1. The number of guanidine groups is 1. The molecule has 0 saturated heterocycles. The number of carbonyl (C=O) groups is 2. The minimum absolute atomic E-state index is 0.0000812. The van der Waals surface area contributed by atoms with Crippen molar-refractivity contribution >= 4 is 23.6 Å². The molecule has 0 bridgehead atoms. The van der Waals surface area contributed by atoms with E-state index >= 15 is 0 Å². The van der Waals surface area contributed by atoms with Crippen LogP contribution >= 0.6 is 0 Å². The normalized spacial score (nSPS) is 11.3. The summed E-state index contributed by atoms with van der Waals surface area (Å²) in [5.41, 5.74) is 7.53. The fraction of sp³-hybridized carbons (Fsp3) is 0.318. The van der Waals surface area contributed by atoms with Gasteiger partial charge in [-0.15, -0.1) is 0 Å². The van der Waals surface area contributed by atoms with Gasteiger partial charge < -0.3 is 21.7 Å². The van der Waals surface area contributed by atoms with Crippen molar-refractivity contribution in [2.45, 2.75) is 38.8 Å². The molecule has 0 aliphatic heterocycles. The largest absolute Gasteiger partial charge is 0.370 e. The fourth-order valence-corrected chi connectivity index (χ4v) is 2.74. The summed E-state index contributed by atoms with van der Waals surface area (Å²) in [6, 6.07) is 15.0. The second-order valence-electron chi connectivity index (χ2n) is 6.90. The zero-order valence-electron chi connectivity index (χ0n) is 17.5. The van der Waals surface area contributed by atoms with Crippen LogP contribution in [0.2, 0.25) is 0 Å². The van der Waals surface area contributed by atoms with Gasteiger partial charge >= 0.3 is 12.0 Å². The number of rotatable bonds is 11. The van der Waals surface area contributed by atoms with Crippen LogP contribution in [0.1, 0.15) is 30.9 Å². The van der Waals surface area contributed by atoms with Crippen LogP contribution in [-0.4, -0.2) is 30.5 Å². The Morgan fingerprint density at radius 2 is 1.84 bits per heavy atom. The Morgan fingerprint density at radius 1 is 1.10 bits per heavy atom. The van der Waals surface area contributed by atoms with Crippen molar-refractivity contribution in [3.63, 3.8) is 0 Å². The third-order valence-corrected chi connectivity index (χ3v) is 4.26. The molecule has 0 saturated carbocycles. The highest BCUT2D eigenvalue weighted by Crippen LogP contribution is 2.12. The first-order valence-electron chi connectivity index (χ1n) is 10.1. The molecule has 0 aromatic heterocycles. The van der Waals surface area contributed by atoms with Crippen LogP contribution < -0.4 is 21.7 Å². The molecule has 9 heteroatoms. The van der Waals surface area contributed by atoms with Gasteiger partial charge in [0, 0.05) is 18.7 Å². The molecule has 31 heavy (non-hydrogen) atoms. The van der Waals surface area contributed by atoms with Gasteiger partial charge in [-0.3, -0.25) is 10.3 Å². The van der Waals surface area contributed by atoms with Gasteiger partial charge in [0.15, 0.2) is 5.96 Å². The van der Waals surface area contributed by atoms with Gasteiger partial charge in [0.2, 0.25) is 0 Å². The topological polar surface area (TPSA) is 139 Å². The first kappa shape index (κ1) is 23.7. The number of anilines is 1. The van der Waals surface area contributed by atoms with E-state index < -0.39 is 18.0 Å². The maximum Gasteiger partial charge on any atom is 0.364 e. The van der Waals surface area contributed by atoms with Crippen LogP contribution in [0.3, 0.4) is 0 Å². The molecule has 0 aliphatic rings. The number of unbranched alkanes of at least 4 members (excludes halogenated alkanes) is 1. The molecule has 0 unspecified atom stereocenters. The summed E-state index contributed by atoms with van der Waals surface area (Å²) in [5.74, 6) is -0.885. The van der Waals surface area contributed by atoms with Crippen LogP contribution in [0, 0.1) is 5.41 Å². The number of benzene rings is 2. The third kappa shape index (κ3) is 9.18. The summed E-state index contributed by atoms with van der Waals surface area (Å²) in [4.78, 5) is 34.8. The van der Waals surface area contributed by atoms with E-state index in [1.165, 1.54) is 0 Å². The summed E-state index contributed by atoms with van der Waals surface area (Å²) in [7, 11) is 0. The van der Waals surface area contributed by atoms with E-state index in [2.05, 4.69) is 16.0 Å². The van der Waals surface area contributed by atoms with Gasteiger partial charge in [-0.1, -0.05) is 55.8 Å². The van der Waals surface area contributed by atoms with E-state index in [1.54, 1.807) is 24.3 Å². The Kier molecular flexibility index (Phi) is 9.83. The van der Waals surface area contributed by atoms with Crippen molar-refractivity contribution in [2.24, 2.45) is 5.73 Å². The zero-order valence-corrected chi connectivity index (χ0v) is 17.5. The van der Waals surface area contributed by atoms with E-state index in [0.29, 0.717) is 17.8 Å². The summed E-state index contributed by atoms with van der Waals surface area (Å²) in [6.45, 7) is 2.55. The number of nitrogens with two attached hydrogens (primary N) is 1. The number of amides is 2. The standard InChI is InChI=1S/C22H29N5O4/c1-2-3-12-25-22(29)27-19(14-16-8-5-4-6-9-16)20(28)31-30-15-17-10-7-11-18(13-17)26-21(23)24/h4-11,13,19H,2-3,12,14-15H2,1H3,(H4,23,24,26)(H2,25,27,29)/t19-/m0/s1. The van der Waals surface area contributed by atoms with E-state index in [-0.39, 0.29) is 19.0 Å². The summed E-state index contributed by atoms with van der Waals surface area (Å²) in [6.07, 6.45) is 2.07. The molecule has 1 atom stereocenters. The Labute approximate surface area is 181 Å². The average molecular weight is 428 g/mol. The lowest BCUT2D eigenvalue weighted by Gasteiger charge is -2.17. The van der Waals surface area contributed by atoms with Gasteiger partial charge in [0.1, 0.15) is 12.6 Å². The predicted molar refractivity (Wildman–Crippen MR) is 118 cm³/mol. The second-order valence-corrected chi connectivity index (χ2v) is 6.90. The van der Waals surface area contributed by atoms with Crippen LogP contribution in [0.15, 0.2) is 54.6 Å². The first-order chi connectivity index (χ1) is 15.0. The molecule has 0 radical (unpaired) electrons. The zero-order chi connectivity index (χ0) is 22.5. The Morgan fingerprint density at radius 3 is 2.55 bits per heavy atom. The molecule has 6 N–H and O–H groups in total. The van der Waals surface area contributed by atoms with Crippen molar-refractivity contribution < 1.29 is 19.4 Å². The average Bonchev–Trinajstić information content (AvgIpc) is 2.74. The molecular weight excluding hydrogens is 398 g/mol. The molecule has 2 aromatic rings. The number of hydrogen-bond acceptors (Lipinski definition) is 5. The van der Waals surface area contributed by atoms with Gasteiger partial charge in [-0.25, -0.2) is 9.59 Å². The quantitative estimate of drug-likeness (QED) is 0.123. The van der Waals surface area contributed by atoms with Crippen molar-refractivity contribution in [3.8, 4) is 0 Å². The lowest BCUT2D eigenvalue weighted by Crippen LogP contribution is -2.48. The highest BCUT2D eigenvalue weighted by Gasteiger charge is 2.24. The van der Waals surface area contributed by atoms with Gasteiger partial charge in [0.25, 0.3) is 0 Å². The number of hydrogen-bond donors (Lipinski definition) is 5. The van der Waals surface area contributed by atoms with Gasteiger partial charge in [-0.05, 0) is 29.7 Å². The van der Waals surface area contributed by atoms with Crippen molar-refractivity contribution in [1.29, 1.82) is 5.41 Å². The van der Waals surface area contributed by atoms with E-state index in [9.17, 15) is 9.59 Å². The molecule has 0 fully saturated rings. The van der Waals surface area contributed by atoms with E-state index in [0.717, 1.165) is 18.4 Å². The van der Waals surface area contributed by atoms with Crippen molar-refractivity contribution in [3.05, 3.63) is 65.7 Å². The van der Waals surface area contributed by atoms with Crippen LogP contribution in [0.5, 0.6) is 0 Å². The highest BCUT2D eigenvalue weighted by molar-refractivity contribution is 5.89. The van der Waals surface area contributed by atoms with Crippen LogP contribution in [0.4, 0.5) is 10.5 Å². The lowest BCUT2D eigenvalue weighted by atomic mass is 10.1. The molecule has 166 valence electrons.